The number of rotatable bonds is 7. The maximum Gasteiger partial charge on any atom is 0.186 e. The fraction of sp³-hybridized carbons (Fsp3) is 0.700. The average Bonchev–Trinajstić information content (AvgIpc) is 2.60. The summed E-state index contributed by atoms with van der Waals surface area (Å²) in [7, 11) is 0. The van der Waals surface area contributed by atoms with E-state index in [2.05, 4.69) is 0 Å². The molecule has 0 saturated carbocycles. The minimum Gasteiger partial charge on any atom is -0.390 e. The van der Waals surface area contributed by atoms with Gasteiger partial charge in [0.05, 0.1) is 24.4 Å². The summed E-state index contributed by atoms with van der Waals surface area (Å²) in [5.41, 5.74) is 0.763. The maximum absolute atomic E-state index is 10.4. The first kappa shape index (κ1) is 22.2. The van der Waals surface area contributed by atoms with Gasteiger partial charge in [-0.1, -0.05) is 36.8 Å². The van der Waals surface area contributed by atoms with Crippen LogP contribution in [0.15, 0.2) is 24.3 Å². The molecule has 2 rings (SSSR count). The molecule has 1 aromatic carbocycles. The third-order valence-electron chi connectivity index (χ3n) is 5.20. The number of hydrogen-bond acceptors (Lipinski definition) is 7. The van der Waals surface area contributed by atoms with E-state index in [0.29, 0.717) is 0 Å². The summed E-state index contributed by atoms with van der Waals surface area (Å²) in [6, 6.07) is 7.87. The summed E-state index contributed by atoms with van der Waals surface area (Å²) in [4.78, 5) is 0. The number of aryl methyl sites for hydroxylation is 1. The van der Waals surface area contributed by atoms with E-state index in [4.69, 9.17) is 9.47 Å². The number of aliphatic hydroxyl groups excluding tert-OH is 4. The molecule has 0 amide bonds. The topological polar surface area (TPSA) is 120 Å². The number of hydrogen-bond donors (Lipinski definition) is 5. The Hall–Kier alpha value is -1.06. The zero-order valence-corrected chi connectivity index (χ0v) is 16.3. The Morgan fingerprint density at radius 1 is 1.15 bits per heavy atom. The summed E-state index contributed by atoms with van der Waals surface area (Å²) in [6.45, 7) is 6.77. The van der Waals surface area contributed by atoms with Crippen LogP contribution in [0.1, 0.15) is 44.2 Å². The van der Waals surface area contributed by atoms with Crippen LogP contribution >= 0.6 is 0 Å². The first-order chi connectivity index (χ1) is 12.5. The highest BCUT2D eigenvalue weighted by molar-refractivity contribution is 5.25. The van der Waals surface area contributed by atoms with Gasteiger partial charge in [0.25, 0.3) is 0 Å². The van der Waals surface area contributed by atoms with Crippen LogP contribution in [0.3, 0.4) is 0 Å². The van der Waals surface area contributed by atoms with Gasteiger partial charge in [-0.25, -0.2) is 0 Å². The average molecular weight is 384 g/mol. The van der Waals surface area contributed by atoms with Gasteiger partial charge in [0.2, 0.25) is 0 Å². The van der Waals surface area contributed by atoms with Crippen LogP contribution in [0.5, 0.6) is 0 Å². The third kappa shape index (κ3) is 5.71. The zero-order valence-electron chi connectivity index (χ0n) is 16.3. The molecule has 0 unspecified atom stereocenters. The van der Waals surface area contributed by atoms with Gasteiger partial charge in [-0.3, -0.25) is 0 Å². The maximum atomic E-state index is 10.4. The van der Waals surface area contributed by atoms with Gasteiger partial charge in [-0.05, 0) is 26.3 Å². The van der Waals surface area contributed by atoms with E-state index in [1.54, 1.807) is 0 Å². The number of benzene rings is 1. The molecule has 7 atom stereocenters. The van der Waals surface area contributed by atoms with Crippen molar-refractivity contribution in [3.8, 4) is 0 Å². The van der Waals surface area contributed by atoms with E-state index >= 15 is 0 Å². The minimum atomic E-state index is -1.42. The quantitative estimate of drug-likeness (QED) is 0.463. The third-order valence-corrected chi connectivity index (χ3v) is 5.20. The highest BCUT2D eigenvalue weighted by Crippen LogP contribution is 2.30. The monoisotopic (exact) mass is 384 g/mol. The Morgan fingerprint density at radius 2 is 1.74 bits per heavy atom. The lowest BCUT2D eigenvalue weighted by molar-refractivity contribution is -0.287. The van der Waals surface area contributed by atoms with Crippen LogP contribution in [-0.4, -0.2) is 74.6 Å². The molecule has 154 valence electrons. The van der Waals surface area contributed by atoms with E-state index < -0.39 is 42.4 Å². The van der Waals surface area contributed by atoms with Gasteiger partial charge in [0, 0.05) is 12.3 Å². The highest BCUT2D eigenvalue weighted by Gasteiger charge is 2.41. The molecule has 1 saturated heterocycles. The summed E-state index contributed by atoms with van der Waals surface area (Å²) >= 11 is 0. The van der Waals surface area contributed by atoms with E-state index in [1.165, 1.54) is 13.8 Å². The van der Waals surface area contributed by atoms with E-state index in [-0.39, 0.29) is 18.9 Å². The number of ether oxygens (including phenoxy) is 2. The fourth-order valence-electron chi connectivity index (χ4n) is 3.04. The summed E-state index contributed by atoms with van der Waals surface area (Å²) in [5.74, 6) is -0.178. The second-order valence-corrected chi connectivity index (χ2v) is 8.03. The van der Waals surface area contributed by atoms with E-state index in [1.807, 2.05) is 38.1 Å². The molecule has 1 aliphatic rings. The SMILES string of the molecule is Cc1ccc([C@@H](C)[C@@H](C[C@@H](O)C(C)(C)O)O[C@@H]2OC[C@@H](O)[C@H](O)[C@H]2O)cc1. The Balaban J connectivity index is 2.19. The fourth-order valence-corrected chi connectivity index (χ4v) is 3.04. The summed E-state index contributed by atoms with van der Waals surface area (Å²) in [6.07, 6.45) is -6.68. The molecule has 0 spiro atoms. The predicted molar refractivity (Wildman–Crippen MR) is 99.1 cm³/mol. The normalized spacial score (nSPS) is 30.0. The van der Waals surface area contributed by atoms with Gasteiger partial charge in [-0.15, -0.1) is 0 Å². The van der Waals surface area contributed by atoms with Gasteiger partial charge in [0.1, 0.15) is 18.3 Å². The molecular weight excluding hydrogens is 352 g/mol. The summed E-state index contributed by atoms with van der Waals surface area (Å²) < 4.78 is 11.3. The Morgan fingerprint density at radius 3 is 2.30 bits per heavy atom. The number of aliphatic hydroxyl groups is 5. The van der Waals surface area contributed by atoms with Crippen molar-refractivity contribution in [3.63, 3.8) is 0 Å². The van der Waals surface area contributed by atoms with Crippen molar-refractivity contribution in [1.82, 2.24) is 0 Å². The molecule has 1 aliphatic heterocycles. The molecule has 27 heavy (non-hydrogen) atoms. The molecule has 0 aliphatic carbocycles. The van der Waals surface area contributed by atoms with Crippen LogP contribution < -0.4 is 0 Å². The minimum absolute atomic E-state index is 0.101. The van der Waals surface area contributed by atoms with Crippen molar-refractivity contribution < 1.29 is 35.0 Å². The van der Waals surface area contributed by atoms with Crippen LogP contribution in [0.25, 0.3) is 0 Å². The molecule has 7 heteroatoms. The van der Waals surface area contributed by atoms with Crippen LogP contribution in [0.2, 0.25) is 0 Å². The predicted octanol–water partition coefficient (Wildman–Crippen LogP) is 0.445. The molecule has 0 aromatic heterocycles. The van der Waals surface area contributed by atoms with Crippen molar-refractivity contribution in [1.29, 1.82) is 0 Å². The molecule has 1 fully saturated rings. The molecule has 0 radical (unpaired) electrons. The molecule has 1 heterocycles. The van der Waals surface area contributed by atoms with E-state index in [9.17, 15) is 25.5 Å². The Labute approximate surface area is 160 Å². The van der Waals surface area contributed by atoms with Crippen molar-refractivity contribution in [3.05, 3.63) is 35.4 Å². The lowest BCUT2D eigenvalue weighted by atomic mass is 9.87. The van der Waals surface area contributed by atoms with Gasteiger partial charge in [-0.2, -0.15) is 0 Å². The van der Waals surface area contributed by atoms with Crippen LogP contribution in [-0.2, 0) is 9.47 Å². The second-order valence-electron chi connectivity index (χ2n) is 8.03. The lowest BCUT2D eigenvalue weighted by Crippen LogP contribution is -2.55. The van der Waals surface area contributed by atoms with Gasteiger partial charge in [0.15, 0.2) is 6.29 Å². The van der Waals surface area contributed by atoms with E-state index in [0.717, 1.165) is 11.1 Å². The second kappa shape index (κ2) is 8.96. The standard InChI is InChI=1S/C20H32O7/c1-11-5-7-13(8-6-11)12(2)15(9-16(22)20(3,4)25)27-19-18(24)17(23)14(21)10-26-19/h5-8,12,14-19,21-25H,9-10H2,1-4H3/t12-,14-,15-,16-,17+,18-,19+/m1/s1. The van der Waals surface area contributed by atoms with Gasteiger partial charge >= 0.3 is 0 Å². The highest BCUT2D eigenvalue weighted by atomic mass is 16.7. The smallest absolute Gasteiger partial charge is 0.186 e. The first-order valence-corrected chi connectivity index (χ1v) is 9.29. The van der Waals surface area contributed by atoms with Crippen molar-refractivity contribution >= 4 is 0 Å². The molecule has 5 N–H and O–H groups in total. The largest absolute Gasteiger partial charge is 0.390 e. The molecule has 1 aromatic rings. The van der Waals surface area contributed by atoms with Gasteiger partial charge < -0.3 is 35.0 Å². The molecular formula is C20H32O7. The molecule has 7 nitrogen and oxygen atoms in total. The van der Waals surface area contributed by atoms with Crippen LogP contribution in [0, 0.1) is 6.92 Å². The van der Waals surface area contributed by atoms with Crippen LogP contribution in [0.4, 0.5) is 0 Å². The first-order valence-electron chi connectivity index (χ1n) is 9.29. The lowest BCUT2D eigenvalue weighted by Gasteiger charge is -2.39. The van der Waals surface area contributed by atoms with Crippen molar-refractivity contribution in [2.45, 2.75) is 82.4 Å². The Bertz CT molecular complexity index is 583. The summed E-state index contributed by atoms with van der Waals surface area (Å²) in [5, 5.41) is 50.1. The molecule has 0 bridgehead atoms. The Kier molecular flexibility index (Phi) is 7.38. The zero-order chi connectivity index (χ0) is 20.4. The van der Waals surface area contributed by atoms with Crippen molar-refractivity contribution in [2.24, 2.45) is 0 Å². The van der Waals surface area contributed by atoms with Crippen molar-refractivity contribution in [2.75, 3.05) is 6.61 Å².